The standard InChI is InChI=1S/C32H24N4/c1-2-9-21(10-3-1)35-26-13-4-6-15-28(26)36(29-16-7-5-14-27(29)35)25-18-17-24-30-22(25)11-8-12-23(30)31-32(24)34-20-19-33-31/h1-16,18-20,23-24,30H,17H2. The highest BCUT2D eigenvalue weighted by atomic mass is 15.3. The topological polar surface area (TPSA) is 32.3 Å². The van der Waals surface area contributed by atoms with Gasteiger partial charge in [-0.1, -0.05) is 66.8 Å². The number of hydrogen-bond acceptors (Lipinski definition) is 4. The summed E-state index contributed by atoms with van der Waals surface area (Å²) in [5, 5.41) is 0. The fourth-order valence-corrected chi connectivity index (χ4v) is 6.65. The minimum atomic E-state index is 0.290. The molecule has 4 aliphatic rings. The molecule has 0 fully saturated rings. The first kappa shape index (κ1) is 19.8. The van der Waals surface area contributed by atoms with Crippen LogP contribution in [0.1, 0.15) is 29.6 Å². The van der Waals surface area contributed by atoms with E-state index in [1.165, 1.54) is 39.7 Å². The number of para-hydroxylation sites is 5. The van der Waals surface area contributed by atoms with E-state index < -0.39 is 0 Å². The van der Waals surface area contributed by atoms with Crippen LogP contribution in [-0.2, 0) is 0 Å². The highest BCUT2D eigenvalue weighted by molar-refractivity contribution is 5.99. The lowest BCUT2D eigenvalue weighted by molar-refractivity contribution is 0.469. The number of hydrogen-bond donors (Lipinski definition) is 0. The summed E-state index contributed by atoms with van der Waals surface area (Å²) in [7, 11) is 0. The summed E-state index contributed by atoms with van der Waals surface area (Å²) in [6.45, 7) is 0. The van der Waals surface area contributed by atoms with Crippen molar-refractivity contribution in [3.63, 3.8) is 0 Å². The molecule has 3 atom stereocenters. The first-order chi connectivity index (χ1) is 17.9. The predicted octanol–water partition coefficient (Wildman–Crippen LogP) is 7.68. The quantitative estimate of drug-likeness (QED) is 0.305. The third kappa shape index (κ3) is 2.64. The zero-order valence-electron chi connectivity index (χ0n) is 19.7. The van der Waals surface area contributed by atoms with Gasteiger partial charge in [-0.3, -0.25) is 9.97 Å². The van der Waals surface area contributed by atoms with Crippen molar-refractivity contribution in [1.82, 2.24) is 9.97 Å². The van der Waals surface area contributed by atoms with Gasteiger partial charge in [-0.15, -0.1) is 0 Å². The highest BCUT2D eigenvalue weighted by Gasteiger charge is 2.48. The second-order valence-electron chi connectivity index (χ2n) is 9.80. The van der Waals surface area contributed by atoms with E-state index in [1.807, 2.05) is 12.4 Å². The second-order valence-corrected chi connectivity index (χ2v) is 9.80. The number of benzene rings is 3. The van der Waals surface area contributed by atoms with Gasteiger partial charge in [-0.05, 0) is 48.4 Å². The average molecular weight is 465 g/mol. The van der Waals surface area contributed by atoms with Crippen LogP contribution in [-0.4, -0.2) is 9.97 Å². The molecule has 4 heteroatoms. The Kier molecular flexibility index (Phi) is 4.14. The fourth-order valence-electron chi connectivity index (χ4n) is 6.65. The maximum atomic E-state index is 4.78. The average Bonchev–Trinajstić information content (AvgIpc) is 3.28. The van der Waals surface area contributed by atoms with E-state index in [0.29, 0.717) is 17.8 Å². The molecule has 36 heavy (non-hydrogen) atoms. The van der Waals surface area contributed by atoms with E-state index in [0.717, 1.165) is 17.8 Å². The van der Waals surface area contributed by atoms with Crippen molar-refractivity contribution >= 4 is 28.4 Å². The van der Waals surface area contributed by atoms with Gasteiger partial charge in [-0.2, -0.15) is 0 Å². The Bertz CT molecular complexity index is 1550. The van der Waals surface area contributed by atoms with Gasteiger partial charge in [0.15, 0.2) is 0 Å². The summed E-state index contributed by atoms with van der Waals surface area (Å²) < 4.78 is 0. The molecule has 0 amide bonds. The summed E-state index contributed by atoms with van der Waals surface area (Å²) in [4.78, 5) is 14.4. The zero-order valence-corrected chi connectivity index (χ0v) is 19.7. The van der Waals surface area contributed by atoms with E-state index in [4.69, 9.17) is 9.97 Å². The van der Waals surface area contributed by atoms with Crippen molar-refractivity contribution in [3.05, 3.63) is 138 Å². The van der Waals surface area contributed by atoms with Crippen LogP contribution in [0.5, 0.6) is 0 Å². The maximum absolute atomic E-state index is 4.78. The van der Waals surface area contributed by atoms with E-state index >= 15 is 0 Å². The molecular weight excluding hydrogens is 440 g/mol. The van der Waals surface area contributed by atoms with Crippen molar-refractivity contribution in [3.8, 4) is 0 Å². The molecule has 1 aromatic heterocycles. The lowest BCUT2D eigenvalue weighted by atomic mass is 9.72. The van der Waals surface area contributed by atoms with Gasteiger partial charge in [-0.25, -0.2) is 0 Å². The molecule has 0 bridgehead atoms. The molecular formula is C32H24N4. The predicted molar refractivity (Wildman–Crippen MR) is 144 cm³/mol. The Labute approximate surface area is 210 Å². The van der Waals surface area contributed by atoms with Gasteiger partial charge < -0.3 is 9.80 Å². The highest BCUT2D eigenvalue weighted by Crippen LogP contribution is 2.59. The first-order valence-electron chi connectivity index (χ1n) is 12.6. The lowest BCUT2D eigenvalue weighted by Gasteiger charge is -2.44. The minimum absolute atomic E-state index is 0.290. The smallest absolute Gasteiger partial charge is 0.0703 e. The van der Waals surface area contributed by atoms with E-state index in [1.54, 1.807) is 0 Å². The van der Waals surface area contributed by atoms with E-state index in [2.05, 4.69) is 113 Å². The molecule has 1 aliphatic heterocycles. The second kappa shape index (κ2) is 7.53. The first-order valence-corrected chi connectivity index (χ1v) is 12.6. The molecule has 8 rings (SSSR count). The van der Waals surface area contributed by atoms with Crippen LogP contribution in [0.2, 0.25) is 0 Å². The van der Waals surface area contributed by atoms with Crippen molar-refractivity contribution in [2.45, 2.75) is 18.3 Å². The summed E-state index contributed by atoms with van der Waals surface area (Å²) in [5.74, 6) is 1.05. The van der Waals surface area contributed by atoms with Crippen LogP contribution in [0, 0.1) is 5.92 Å². The molecule has 3 aliphatic carbocycles. The molecule has 0 radical (unpaired) electrons. The summed E-state index contributed by atoms with van der Waals surface area (Å²) in [6, 6.07) is 28.2. The van der Waals surface area contributed by atoms with E-state index in [-0.39, 0.29) is 0 Å². The lowest BCUT2D eigenvalue weighted by Crippen LogP contribution is -2.32. The Hall–Kier alpha value is -4.44. The van der Waals surface area contributed by atoms with Gasteiger partial charge in [0, 0.05) is 41.5 Å². The summed E-state index contributed by atoms with van der Waals surface area (Å²) in [5.41, 5.74) is 10.9. The molecule has 4 nitrogen and oxygen atoms in total. The van der Waals surface area contributed by atoms with E-state index in [9.17, 15) is 0 Å². The summed E-state index contributed by atoms with van der Waals surface area (Å²) in [6.07, 6.45) is 13.9. The Morgan fingerprint density at radius 1 is 0.667 bits per heavy atom. The Balaban J connectivity index is 1.32. The monoisotopic (exact) mass is 464 g/mol. The third-order valence-electron chi connectivity index (χ3n) is 8.04. The van der Waals surface area contributed by atoms with Crippen LogP contribution in [0.4, 0.5) is 28.4 Å². The maximum Gasteiger partial charge on any atom is 0.0703 e. The minimum Gasteiger partial charge on any atom is -0.306 e. The number of allylic oxidation sites excluding steroid dienone is 5. The molecule has 0 saturated carbocycles. The molecule has 0 N–H and O–H groups in total. The molecule has 0 spiro atoms. The van der Waals surface area contributed by atoms with Gasteiger partial charge in [0.1, 0.15) is 0 Å². The number of anilines is 5. The number of aromatic nitrogens is 2. The van der Waals surface area contributed by atoms with Crippen LogP contribution < -0.4 is 9.80 Å². The normalized spacial score (nSPS) is 22.7. The van der Waals surface area contributed by atoms with Gasteiger partial charge in [0.25, 0.3) is 0 Å². The Morgan fingerprint density at radius 3 is 1.97 bits per heavy atom. The molecule has 172 valence electrons. The van der Waals surface area contributed by atoms with Crippen LogP contribution in [0.25, 0.3) is 0 Å². The zero-order chi connectivity index (χ0) is 23.6. The fraction of sp³-hybridized carbons (Fsp3) is 0.125. The molecule has 0 saturated heterocycles. The molecule has 2 heterocycles. The number of fused-ring (bicyclic) bond motifs is 5. The molecule has 4 aromatic rings. The van der Waals surface area contributed by atoms with Crippen LogP contribution in [0.15, 0.2) is 127 Å². The largest absolute Gasteiger partial charge is 0.306 e. The van der Waals surface area contributed by atoms with Crippen molar-refractivity contribution in [2.24, 2.45) is 5.92 Å². The van der Waals surface area contributed by atoms with Gasteiger partial charge in [0.05, 0.1) is 34.1 Å². The molecule has 3 unspecified atom stereocenters. The van der Waals surface area contributed by atoms with Gasteiger partial charge >= 0.3 is 0 Å². The third-order valence-corrected chi connectivity index (χ3v) is 8.04. The van der Waals surface area contributed by atoms with Gasteiger partial charge in [0.2, 0.25) is 0 Å². The molecule has 3 aromatic carbocycles. The van der Waals surface area contributed by atoms with Crippen LogP contribution in [0.3, 0.4) is 0 Å². The van der Waals surface area contributed by atoms with Crippen molar-refractivity contribution in [2.75, 3.05) is 9.80 Å². The van der Waals surface area contributed by atoms with Crippen molar-refractivity contribution in [1.29, 1.82) is 0 Å². The van der Waals surface area contributed by atoms with Crippen molar-refractivity contribution < 1.29 is 0 Å². The Morgan fingerprint density at radius 2 is 1.28 bits per heavy atom. The number of nitrogens with zero attached hydrogens (tertiary/aromatic N) is 4. The SMILES string of the molecule is C1=CC2c3nccnc3C3CC=C(N4c5ccccc5N(c5ccccc5)c5ccccc54)C(=C1)C23. The number of rotatable bonds is 2. The summed E-state index contributed by atoms with van der Waals surface area (Å²) >= 11 is 0. The van der Waals surface area contributed by atoms with Crippen LogP contribution >= 0.6 is 0 Å².